The molecule has 0 spiro atoms. The number of benzene rings is 1. The van der Waals surface area contributed by atoms with Gasteiger partial charge in [0.2, 0.25) is 5.91 Å². The van der Waals surface area contributed by atoms with Gasteiger partial charge in [-0.05, 0) is 35.6 Å². The zero-order valence-corrected chi connectivity index (χ0v) is 13.0. The molecular formula is C16H14FN3O2S. The fourth-order valence-corrected chi connectivity index (χ4v) is 2.99. The Morgan fingerprint density at radius 2 is 2.04 bits per heavy atom. The highest BCUT2D eigenvalue weighted by Gasteiger charge is 2.08. The van der Waals surface area contributed by atoms with Crippen LogP contribution in [0.4, 0.5) is 4.39 Å². The van der Waals surface area contributed by atoms with Crippen molar-refractivity contribution in [3.8, 4) is 0 Å². The molecule has 0 saturated heterocycles. The number of carbonyl (C=O) groups excluding carboxylic acids is 1. The van der Waals surface area contributed by atoms with Gasteiger partial charge in [-0.3, -0.25) is 14.2 Å². The van der Waals surface area contributed by atoms with E-state index in [4.69, 9.17) is 0 Å². The van der Waals surface area contributed by atoms with E-state index in [0.29, 0.717) is 23.2 Å². The Balaban J connectivity index is 1.57. The maximum Gasteiger partial charge on any atom is 0.271 e. The van der Waals surface area contributed by atoms with Crippen LogP contribution in [-0.4, -0.2) is 22.0 Å². The molecule has 3 rings (SSSR count). The van der Waals surface area contributed by atoms with E-state index in [2.05, 4.69) is 10.3 Å². The molecule has 0 aliphatic heterocycles. The Hall–Kier alpha value is -2.54. The standard InChI is InChI=1S/C16H14FN3O2S/c17-12-3-1-11(2-4-12)5-7-18-14(21)9-20-10-19-13-6-8-23-15(13)16(20)22/h1-4,6,8,10H,5,7,9H2,(H,18,21). The van der Waals surface area contributed by atoms with E-state index < -0.39 is 0 Å². The minimum absolute atomic E-state index is 0.0664. The highest BCUT2D eigenvalue weighted by atomic mass is 32.1. The summed E-state index contributed by atoms with van der Waals surface area (Å²) in [4.78, 5) is 28.2. The zero-order chi connectivity index (χ0) is 16.2. The molecule has 2 heterocycles. The Morgan fingerprint density at radius 1 is 1.26 bits per heavy atom. The van der Waals surface area contributed by atoms with Crippen LogP contribution in [0, 0.1) is 5.82 Å². The predicted molar refractivity (Wildman–Crippen MR) is 87.0 cm³/mol. The van der Waals surface area contributed by atoms with Crippen LogP contribution >= 0.6 is 11.3 Å². The number of thiophene rings is 1. The van der Waals surface area contributed by atoms with Gasteiger partial charge < -0.3 is 5.32 Å². The van der Waals surface area contributed by atoms with Crippen LogP contribution in [0.3, 0.4) is 0 Å². The lowest BCUT2D eigenvalue weighted by molar-refractivity contribution is -0.121. The lowest BCUT2D eigenvalue weighted by Gasteiger charge is -2.07. The molecule has 0 saturated carbocycles. The summed E-state index contributed by atoms with van der Waals surface area (Å²) >= 11 is 1.31. The van der Waals surface area contributed by atoms with Gasteiger partial charge in [0.1, 0.15) is 17.1 Å². The molecule has 2 aromatic heterocycles. The average Bonchev–Trinajstić information content (AvgIpc) is 3.01. The molecule has 0 bridgehead atoms. The van der Waals surface area contributed by atoms with Gasteiger partial charge in [0, 0.05) is 6.54 Å². The zero-order valence-electron chi connectivity index (χ0n) is 12.2. The second-order valence-corrected chi connectivity index (χ2v) is 5.96. The van der Waals surface area contributed by atoms with E-state index in [0.717, 1.165) is 5.56 Å². The molecule has 0 aliphatic rings. The normalized spacial score (nSPS) is 10.8. The van der Waals surface area contributed by atoms with Crippen molar-refractivity contribution in [2.75, 3.05) is 6.54 Å². The molecule has 0 aliphatic carbocycles. The molecule has 0 unspecified atom stereocenters. The average molecular weight is 331 g/mol. The fourth-order valence-electron chi connectivity index (χ4n) is 2.20. The molecule has 0 fully saturated rings. The number of amides is 1. The van der Waals surface area contributed by atoms with Crippen molar-refractivity contribution in [2.24, 2.45) is 0 Å². The molecule has 118 valence electrons. The number of nitrogens with one attached hydrogen (secondary N) is 1. The number of halogens is 1. The minimum Gasteiger partial charge on any atom is -0.354 e. The number of carbonyl (C=O) groups is 1. The third kappa shape index (κ3) is 3.62. The third-order valence-electron chi connectivity index (χ3n) is 3.40. The van der Waals surface area contributed by atoms with Crippen molar-refractivity contribution in [3.63, 3.8) is 0 Å². The summed E-state index contributed by atoms with van der Waals surface area (Å²) in [5, 5.41) is 4.54. The number of aromatic nitrogens is 2. The molecule has 3 aromatic rings. The van der Waals surface area contributed by atoms with Crippen LogP contribution in [0.2, 0.25) is 0 Å². The summed E-state index contributed by atoms with van der Waals surface area (Å²) < 4.78 is 14.6. The van der Waals surface area contributed by atoms with E-state index in [-0.39, 0.29) is 23.8 Å². The number of fused-ring (bicyclic) bond motifs is 1. The molecule has 0 atom stereocenters. The van der Waals surface area contributed by atoms with Crippen LogP contribution in [0.1, 0.15) is 5.56 Å². The highest BCUT2D eigenvalue weighted by molar-refractivity contribution is 7.17. The first-order valence-electron chi connectivity index (χ1n) is 7.07. The highest BCUT2D eigenvalue weighted by Crippen LogP contribution is 2.12. The first-order chi connectivity index (χ1) is 11.1. The van der Waals surface area contributed by atoms with Gasteiger partial charge in [0.15, 0.2) is 0 Å². The van der Waals surface area contributed by atoms with Gasteiger partial charge >= 0.3 is 0 Å². The van der Waals surface area contributed by atoms with Crippen molar-refractivity contribution in [1.29, 1.82) is 0 Å². The Labute approximate surface area is 135 Å². The van der Waals surface area contributed by atoms with Gasteiger partial charge in [-0.2, -0.15) is 0 Å². The van der Waals surface area contributed by atoms with E-state index >= 15 is 0 Å². The van der Waals surface area contributed by atoms with E-state index in [9.17, 15) is 14.0 Å². The van der Waals surface area contributed by atoms with E-state index in [1.54, 1.807) is 23.6 Å². The van der Waals surface area contributed by atoms with E-state index in [1.807, 2.05) is 0 Å². The van der Waals surface area contributed by atoms with Crippen molar-refractivity contribution in [3.05, 3.63) is 63.8 Å². The summed E-state index contributed by atoms with van der Waals surface area (Å²) in [5.41, 5.74) is 1.37. The lowest BCUT2D eigenvalue weighted by Crippen LogP contribution is -2.33. The molecule has 23 heavy (non-hydrogen) atoms. The van der Waals surface area contributed by atoms with Crippen LogP contribution in [-0.2, 0) is 17.8 Å². The number of rotatable bonds is 5. The fraction of sp³-hybridized carbons (Fsp3) is 0.188. The summed E-state index contributed by atoms with van der Waals surface area (Å²) in [6.07, 6.45) is 1.99. The minimum atomic E-state index is -0.284. The number of hydrogen-bond donors (Lipinski definition) is 1. The predicted octanol–water partition coefficient (Wildman–Crippen LogP) is 1.96. The van der Waals surface area contributed by atoms with Gasteiger partial charge in [0.05, 0.1) is 11.8 Å². The molecule has 5 nitrogen and oxygen atoms in total. The second-order valence-electron chi connectivity index (χ2n) is 5.04. The molecule has 1 aromatic carbocycles. The Morgan fingerprint density at radius 3 is 2.83 bits per heavy atom. The monoisotopic (exact) mass is 331 g/mol. The smallest absolute Gasteiger partial charge is 0.271 e. The van der Waals surface area contributed by atoms with Crippen molar-refractivity contribution in [2.45, 2.75) is 13.0 Å². The summed E-state index contributed by atoms with van der Waals surface area (Å²) in [7, 11) is 0. The maximum atomic E-state index is 12.8. The molecule has 1 amide bonds. The summed E-state index contributed by atoms with van der Waals surface area (Å²) in [6.45, 7) is 0.358. The van der Waals surface area contributed by atoms with Gasteiger partial charge in [-0.1, -0.05) is 12.1 Å². The third-order valence-corrected chi connectivity index (χ3v) is 4.29. The molecular weight excluding hydrogens is 317 g/mol. The van der Waals surface area contributed by atoms with Crippen molar-refractivity contribution < 1.29 is 9.18 Å². The summed E-state index contributed by atoms with van der Waals surface area (Å²) in [5.74, 6) is -0.541. The largest absolute Gasteiger partial charge is 0.354 e. The first kappa shape index (κ1) is 15.4. The second kappa shape index (κ2) is 6.70. The maximum absolute atomic E-state index is 12.8. The quantitative estimate of drug-likeness (QED) is 0.777. The molecule has 0 radical (unpaired) electrons. The van der Waals surface area contributed by atoms with Gasteiger partial charge in [-0.15, -0.1) is 11.3 Å². The Kier molecular flexibility index (Phi) is 4.47. The number of hydrogen-bond acceptors (Lipinski definition) is 4. The topological polar surface area (TPSA) is 64.0 Å². The first-order valence-corrected chi connectivity index (χ1v) is 7.95. The van der Waals surface area contributed by atoms with Crippen LogP contribution in [0.25, 0.3) is 10.2 Å². The Bertz CT molecular complexity index is 886. The summed E-state index contributed by atoms with van der Waals surface area (Å²) in [6, 6.07) is 7.91. The van der Waals surface area contributed by atoms with E-state index in [1.165, 1.54) is 34.4 Å². The van der Waals surface area contributed by atoms with Crippen LogP contribution in [0.15, 0.2) is 46.8 Å². The SMILES string of the molecule is O=C(Cn1cnc2ccsc2c1=O)NCCc1ccc(F)cc1. The van der Waals surface area contributed by atoms with Crippen LogP contribution in [0.5, 0.6) is 0 Å². The van der Waals surface area contributed by atoms with Crippen LogP contribution < -0.4 is 10.9 Å². The lowest BCUT2D eigenvalue weighted by atomic mass is 10.1. The van der Waals surface area contributed by atoms with Crippen molar-refractivity contribution in [1.82, 2.24) is 14.9 Å². The number of nitrogens with zero attached hydrogens (tertiary/aromatic N) is 2. The van der Waals surface area contributed by atoms with Crippen molar-refractivity contribution >= 4 is 27.5 Å². The molecule has 7 heteroatoms. The molecule has 1 N–H and O–H groups in total. The van der Waals surface area contributed by atoms with Gasteiger partial charge in [0.25, 0.3) is 5.56 Å². The van der Waals surface area contributed by atoms with Gasteiger partial charge in [-0.25, -0.2) is 9.37 Å².